The van der Waals surface area contributed by atoms with Crippen LogP contribution in [0.3, 0.4) is 0 Å². The third kappa shape index (κ3) is 6.04. The predicted octanol–water partition coefficient (Wildman–Crippen LogP) is 5.33. The van der Waals surface area contributed by atoms with Crippen LogP contribution in [0, 0.1) is 0 Å². The van der Waals surface area contributed by atoms with Crippen LogP contribution in [0.15, 0.2) is 48.5 Å². The number of hydrogen-bond donors (Lipinski definition) is 0. The smallest absolute Gasteiger partial charge is 0.485 e. The van der Waals surface area contributed by atoms with Crippen LogP contribution >= 0.6 is 0 Å². The average molecular weight is 564 g/mol. The van der Waals surface area contributed by atoms with Crippen LogP contribution in [0.5, 0.6) is 0 Å². The number of benzene rings is 2. The maximum Gasteiger partial charge on any atom is 0.485 e. The minimum absolute atomic E-state index is 0.0470. The van der Waals surface area contributed by atoms with Crippen molar-refractivity contribution in [1.29, 1.82) is 0 Å². The molecule has 0 spiro atoms. The highest BCUT2D eigenvalue weighted by Gasteiger charge is 2.55. The summed E-state index contributed by atoms with van der Waals surface area (Å²) in [7, 11) is -4.23. The SMILES string of the molecule is C[N+]12CCN(CC1)[C@H](c1ccccc1C(F)(F)F)[C@H]2c1ccccc1C(F)(F)F.O=S(=O)([O-])C(F)(F)F. The Kier molecular flexibility index (Phi) is 7.69. The molecule has 0 radical (unpaired) electrons. The van der Waals surface area contributed by atoms with E-state index in [0.29, 0.717) is 30.7 Å². The van der Waals surface area contributed by atoms with Gasteiger partial charge in [0.2, 0.25) is 0 Å². The van der Waals surface area contributed by atoms with E-state index in [4.69, 9.17) is 13.0 Å². The fraction of sp³-hybridized carbons (Fsp3) is 0.455. The van der Waals surface area contributed by atoms with Crippen molar-refractivity contribution < 1.29 is 57.0 Å². The Balaban J connectivity index is 0.000000414. The van der Waals surface area contributed by atoms with Crippen LogP contribution in [-0.4, -0.2) is 61.1 Å². The summed E-state index contributed by atoms with van der Waals surface area (Å²) in [5.41, 5.74) is -7.08. The maximum atomic E-state index is 13.8. The zero-order valence-electron chi connectivity index (χ0n) is 19.0. The van der Waals surface area contributed by atoms with E-state index in [1.165, 1.54) is 36.4 Å². The van der Waals surface area contributed by atoms with Gasteiger partial charge in [-0.15, -0.1) is 0 Å². The van der Waals surface area contributed by atoms with Crippen molar-refractivity contribution in [3.63, 3.8) is 0 Å². The lowest BCUT2D eigenvalue weighted by Crippen LogP contribution is -2.67. The first-order chi connectivity index (χ1) is 16.8. The highest BCUT2D eigenvalue weighted by molar-refractivity contribution is 7.86. The van der Waals surface area contributed by atoms with Crippen molar-refractivity contribution in [2.24, 2.45) is 0 Å². The number of quaternary nitrogens is 1. The van der Waals surface area contributed by atoms with Crippen molar-refractivity contribution in [2.45, 2.75) is 29.9 Å². The molecular formula is C22H21F9N2O3S. The average Bonchev–Trinajstić information content (AvgIpc) is 2.76. The molecule has 0 N–H and O–H groups in total. The molecule has 2 aromatic carbocycles. The van der Waals surface area contributed by atoms with E-state index in [1.54, 1.807) is 0 Å². The standard InChI is InChI=1S/C21H21F6N2.CHF3O3S/c1-29-12-10-28(11-13-29)18(14-6-2-4-8-16(14)20(22,23)24)19(29)15-7-3-5-9-17(15)21(25,26)27;2-1(3,4)8(5,6)7/h2-9,18-19H,10-13H2,1H3;(H,5,6,7)/q+1;/p-1/t18-,19-;/m1./s1. The second kappa shape index (κ2) is 9.75. The fourth-order valence-electron chi connectivity index (χ4n) is 4.93. The number of rotatable bonds is 2. The van der Waals surface area contributed by atoms with Gasteiger partial charge in [0.25, 0.3) is 0 Å². The second-order valence-electron chi connectivity index (χ2n) is 8.92. The van der Waals surface area contributed by atoms with Gasteiger partial charge in [-0.2, -0.15) is 39.5 Å². The quantitative estimate of drug-likeness (QED) is 0.214. The van der Waals surface area contributed by atoms with Gasteiger partial charge in [0.1, 0.15) is 6.04 Å². The summed E-state index contributed by atoms with van der Waals surface area (Å²) in [5, 5.41) is 0. The molecule has 3 saturated heterocycles. The summed E-state index contributed by atoms with van der Waals surface area (Å²) >= 11 is 0. The van der Waals surface area contributed by atoms with E-state index in [1.807, 2.05) is 11.9 Å². The number of hydrogen-bond acceptors (Lipinski definition) is 4. The minimum atomic E-state index is -6.09. The van der Waals surface area contributed by atoms with E-state index in [-0.39, 0.29) is 11.1 Å². The lowest BCUT2D eigenvalue weighted by Gasteiger charge is -2.58. The monoisotopic (exact) mass is 564 g/mol. The topological polar surface area (TPSA) is 60.4 Å². The largest absolute Gasteiger partial charge is 0.741 e. The molecule has 3 aliphatic rings. The summed E-state index contributed by atoms with van der Waals surface area (Å²) in [6.07, 6.45) is -9.15. The van der Waals surface area contributed by atoms with Gasteiger partial charge >= 0.3 is 17.9 Å². The molecule has 0 saturated carbocycles. The highest BCUT2D eigenvalue weighted by Crippen LogP contribution is 2.52. The van der Waals surface area contributed by atoms with Crippen molar-refractivity contribution in [3.8, 4) is 0 Å². The first-order valence-electron chi connectivity index (χ1n) is 10.7. The molecule has 0 aliphatic carbocycles. The molecule has 2 bridgehead atoms. The van der Waals surface area contributed by atoms with Gasteiger partial charge in [-0.1, -0.05) is 36.4 Å². The first kappa shape index (κ1) is 29.2. The van der Waals surface area contributed by atoms with Gasteiger partial charge in [0.15, 0.2) is 10.1 Å². The van der Waals surface area contributed by atoms with Crippen molar-refractivity contribution >= 4 is 10.1 Å². The van der Waals surface area contributed by atoms with Crippen molar-refractivity contribution in [3.05, 3.63) is 70.8 Å². The van der Waals surface area contributed by atoms with Crippen LogP contribution in [0.2, 0.25) is 0 Å². The van der Waals surface area contributed by atoms with Crippen LogP contribution in [0.4, 0.5) is 39.5 Å². The molecule has 0 unspecified atom stereocenters. The molecule has 3 heterocycles. The molecule has 2 aromatic rings. The molecule has 37 heavy (non-hydrogen) atoms. The number of likely N-dealkylation sites (N-methyl/N-ethyl adjacent to an activating group) is 1. The first-order valence-corrected chi connectivity index (χ1v) is 12.1. The number of alkyl halides is 9. The molecular weight excluding hydrogens is 543 g/mol. The third-order valence-electron chi connectivity index (χ3n) is 6.61. The lowest BCUT2D eigenvalue weighted by molar-refractivity contribution is -0.958. The Morgan fingerprint density at radius 3 is 1.57 bits per heavy atom. The van der Waals surface area contributed by atoms with Crippen LogP contribution < -0.4 is 0 Å². The normalized spacial score (nSPS) is 26.4. The highest BCUT2D eigenvalue weighted by atomic mass is 32.2. The van der Waals surface area contributed by atoms with Crippen LogP contribution in [0.25, 0.3) is 0 Å². The summed E-state index contributed by atoms with van der Waals surface area (Å²) < 4.78 is 142. The van der Waals surface area contributed by atoms with Crippen LogP contribution in [0.1, 0.15) is 34.3 Å². The second-order valence-corrected chi connectivity index (χ2v) is 10.3. The Morgan fingerprint density at radius 2 is 1.16 bits per heavy atom. The summed E-state index contributed by atoms with van der Waals surface area (Å²) in [6.45, 7) is 2.30. The maximum absolute atomic E-state index is 13.8. The van der Waals surface area contributed by atoms with Crippen LogP contribution in [-0.2, 0) is 22.5 Å². The molecule has 15 heteroatoms. The van der Waals surface area contributed by atoms with Gasteiger partial charge in [-0.25, -0.2) is 8.42 Å². The molecule has 3 fully saturated rings. The fourth-order valence-corrected chi connectivity index (χ4v) is 4.93. The van der Waals surface area contributed by atoms with Crippen molar-refractivity contribution in [1.82, 2.24) is 4.90 Å². The summed E-state index contributed by atoms with van der Waals surface area (Å²) in [4.78, 5) is 1.91. The minimum Gasteiger partial charge on any atom is -0.741 e. The number of fused-ring (bicyclic) bond motifs is 3. The Morgan fingerprint density at radius 1 is 0.784 bits per heavy atom. The predicted molar refractivity (Wildman–Crippen MR) is 112 cm³/mol. The summed E-state index contributed by atoms with van der Waals surface area (Å²) in [5.74, 6) is 0. The Hall–Kier alpha value is -2.36. The van der Waals surface area contributed by atoms with Gasteiger partial charge in [0, 0.05) is 18.7 Å². The molecule has 3 aliphatic heterocycles. The van der Waals surface area contributed by atoms with E-state index < -0.39 is 51.2 Å². The van der Waals surface area contributed by atoms with Gasteiger partial charge in [-0.05, 0) is 17.7 Å². The van der Waals surface area contributed by atoms with Gasteiger partial charge < -0.3 is 9.04 Å². The van der Waals surface area contributed by atoms with E-state index in [9.17, 15) is 39.5 Å². The lowest BCUT2D eigenvalue weighted by atomic mass is 9.81. The number of nitrogens with zero attached hydrogens (tertiary/aromatic N) is 2. The third-order valence-corrected chi connectivity index (χ3v) is 7.18. The Labute approximate surface area is 206 Å². The number of piperazine rings is 3. The zero-order chi connectivity index (χ0) is 28.0. The zero-order valence-corrected chi connectivity index (χ0v) is 19.8. The molecule has 5 rings (SSSR count). The number of halogens is 9. The molecule has 0 aromatic heterocycles. The summed E-state index contributed by atoms with van der Waals surface area (Å²) in [6, 6.07) is 9.04. The van der Waals surface area contributed by atoms with E-state index in [0.717, 1.165) is 12.1 Å². The van der Waals surface area contributed by atoms with Gasteiger partial charge in [-0.3, -0.25) is 4.90 Å². The Bertz CT molecular complexity index is 1220. The molecule has 0 amide bonds. The van der Waals surface area contributed by atoms with E-state index >= 15 is 0 Å². The molecule has 2 atom stereocenters. The molecule has 206 valence electrons. The van der Waals surface area contributed by atoms with Crippen molar-refractivity contribution in [2.75, 3.05) is 33.2 Å². The van der Waals surface area contributed by atoms with E-state index in [2.05, 4.69) is 0 Å². The molecule has 5 nitrogen and oxygen atoms in total. The van der Waals surface area contributed by atoms with Gasteiger partial charge in [0.05, 0.1) is 37.3 Å².